The highest BCUT2D eigenvalue weighted by molar-refractivity contribution is 5.87. The van der Waals surface area contributed by atoms with E-state index < -0.39 is 5.97 Å². The van der Waals surface area contributed by atoms with Gasteiger partial charge in [0, 0.05) is 24.5 Å². The molecule has 2 aromatic rings. The van der Waals surface area contributed by atoms with Gasteiger partial charge in [0.15, 0.2) is 0 Å². The largest absolute Gasteiger partial charge is 0.477 e. The lowest BCUT2D eigenvalue weighted by Gasteiger charge is -2.21. The van der Waals surface area contributed by atoms with Gasteiger partial charge in [-0.25, -0.2) is 4.79 Å². The first-order valence-electron chi connectivity index (χ1n) is 7.45. The average molecular weight is 285 g/mol. The number of hydrogen-bond donors (Lipinski definition) is 1. The van der Waals surface area contributed by atoms with E-state index in [9.17, 15) is 9.90 Å². The summed E-state index contributed by atoms with van der Waals surface area (Å²) in [7, 11) is 0. The molecular formula is C16H19N3O2. The van der Waals surface area contributed by atoms with Crippen molar-refractivity contribution in [3.05, 3.63) is 36.3 Å². The van der Waals surface area contributed by atoms with Crippen LogP contribution in [0.4, 0.5) is 0 Å². The number of rotatable bonds is 4. The first kappa shape index (κ1) is 13.8. The summed E-state index contributed by atoms with van der Waals surface area (Å²) >= 11 is 0. The summed E-state index contributed by atoms with van der Waals surface area (Å²) in [5.74, 6) is -0.382. The lowest BCUT2D eigenvalue weighted by atomic mass is 9.89. The number of carboxylic acid groups (broad SMARTS) is 1. The van der Waals surface area contributed by atoms with Crippen LogP contribution in [0.2, 0.25) is 0 Å². The molecule has 110 valence electrons. The van der Waals surface area contributed by atoms with Gasteiger partial charge in [-0.3, -0.25) is 9.67 Å². The molecule has 0 unspecified atom stereocenters. The zero-order valence-electron chi connectivity index (χ0n) is 11.9. The monoisotopic (exact) mass is 285 g/mol. The van der Waals surface area contributed by atoms with Gasteiger partial charge in [-0.05, 0) is 37.0 Å². The van der Waals surface area contributed by atoms with Crippen molar-refractivity contribution in [1.82, 2.24) is 14.8 Å². The molecule has 1 fully saturated rings. The Hall–Kier alpha value is -2.17. The summed E-state index contributed by atoms with van der Waals surface area (Å²) in [6.07, 6.45) is 9.51. The predicted octanol–water partition coefficient (Wildman–Crippen LogP) is 3.22. The smallest absolute Gasteiger partial charge is 0.354 e. The van der Waals surface area contributed by atoms with Crippen LogP contribution >= 0.6 is 0 Å². The van der Waals surface area contributed by atoms with Crippen LogP contribution in [0.1, 0.15) is 42.6 Å². The molecule has 0 amide bonds. The second-order valence-electron chi connectivity index (χ2n) is 5.65. The van der Waals surface area contributed by atoms with Crippen molar-refractivity contribution in [2.24, 2.45) is 5.92 Å². The number of nitrogens with zero attached hydrogens (tertiary/aromatic N) is 3. The first-order valence-corrected chi connectivity index (χ1v) is 7.45. The number of aromatic nitrogens is 3. The molecule has 0 bridgehead atoms. The summed E-state index contributed by atoms with van der Waals surface area (Å²) in [6.45, 7) is 0.696. The zero-order valence-corrected chi connectivity index (χ0v) is 11.9. The summed E-state index contributed by atoms with van der Waals surface area (Å²) in [4.78, 5) is 15.5. The standard InChI is InChI=1S/C16H19N3O2/c20-16(21)15-9-14(13-7-4-8-17-10-13)18-19(15)11-12-5-2-1-3-6-12/h4,7-10,12H,1-3,5-6,11H2,(H,20,21). The molecule has 1 aliphatic carbocycles. The molecule has 2 heterocycles. The third kappa shape index (κ3) is 3.12. The summed E-state index contributed by atoms with van der Waals surface area (Å²) in [6, 6.07) is 5.37. The minimum absolute atomic E-state index is 0.263. The van der Waals surface area contributed by atoms with E-state index in [4.69, 9.17) is 0 Å². The number of pyridine rings is 1. The lowest BCUT2D eigenvalue weighted by molar-refractivity contribution is 0.0681. The molecule has 0 radical (unpaired) electrons. The molecule has 5 nitrogen and oxygen atoms in total. The number of carboxylic acids is 1. The summed E-state index contributed by atoms with van der Waals surface area (Å²) < 4.78 is 1.65. The van der Waals surface area contributed by atoms with Crippen LogP contribution in [0.3, 0.4) is 0 Å². The maximum Gasteiger partial charge on any atom is 0.354 e. The third-order valence-electron chi connectivity index (χ3n) is 4.11. The Morgan fingerprint density at radius 1 is 1.33 bits per heavy atom. The van der Waals surface area contributed by atoms with Gasteiger partial charge in [-0.2, -0.15) is 5.10 Å². The van der Waals surface area contributed by atoms with Crippen LogP contribution in [0.15, 0.2) is 30.6 Å². The van der Waals surface area contributed by atoms with Gasteiger partial charge < -0.3 is 5.11 Å². The second-order valence-corrected chi connectivity index (χ2v) is 5.65. The highest BCUT2D eigenvalue weighted by Gasteiger charge is 2.20. The van der Waals surface area contributed by atoms with Crippen LogP contribution in [0, 0.1) is 5.92 Å². The van der Waals surface area contributed by atoms with Gasteiger partial charge in [0.2, 0.25) is 0 Å². The molecule has 0 spiro atoms. The molecule has 3 rings (SSSR count). The molecule has 0 aliphatic heterocycles. The van der Waals surface area contributed by atoms with E-state index in [0.29, 0.717) is 18.2 Å². The van der Waals surface area contributed by atoms with Gasteiger partial charge in [-0.1, -0.05) is 19.3 Å². The van der Waals surface area contributed by atoms with Crippen molar-refractivity contribution >= 4 is 5.97 Å². The fourth-order valence-corrected chi connectivity index (χ4v) is 3.00. The summed E-state index contributed by atoms with van der Waals surface area (Å²) in [5.41, 5.74) is 1.79. The van der Waals surface area contributed by atoms with Gasteiger partial charge in [0.1, 0.15) is 5.69 Å². The van der Waals surface area contributed by atoms with Gasteiger partial charge >= 0.3 is 5.97 Å². The summed E-state index contributed by atoms with van der Waals surface area (Å²) in [5, 5.41) is 13.9. The van der Waals surface area contributed by atoms with Crippen LogP contribution in [-0.2, 0) is 6.54 Å². The van der Waals surface area contributed by atoms with Crippen LogP contribution in [0.5, 0.6) is 0 Å². The van der Waals surface area contributed by atoms with E-state index in [-0.39, 0.29) is 5.69 Å². The number of aromatic carboxylic acids is 1. The Labute approximate surface area is 123 Å². The normalized spacial score (nSPS) is 16.0. The number of carbonyl (C=O) groups is 1. The molecule has 21 heavy (non-hydrogen) atoms. The topological polar surface area (TPSA) is 68.0 Å². The highest BCUT2D eigenvalue weighted by Crippen LogP contribution is 2.26. The number of hydrogen-bond acceptors (Lipinski definition) is 3. The van der Waals surface area contributed by atoms with Crippen LogP contribution in [0.25, 0.3) is 11.3 Å². The Kier molecular flexibility index (Phi) is 3.99. The van der Waals surface area contributed by atoms with Crippen molar-refractivity contribution in [3.63, 3.8) is 0 Å². The van der Waals surface area contributed by atoms with E-state index in [2.05, 4.69) is 10.1 Å². The van der Waals surface area contributed by atoms with E-state index in [1.165, 1.54) is 32.1 Å². The molecule has 1 N–H and O–H groups in total. The molecule has 1 saturated carbocycles. The van der Waals surface area contributed by atoms with Crippen LogP contribution < -0.4 is 0 Å². The minimum atomic E-state index is -0.923. The second kappa shape index (κ2) is 6.08. The fraction of sp³-hybridized carbons (Fsp3) is 0.438. The van der Waals surface area contributed by atoms with Crippen molar-refractivity contribution in [2.45, 2.75) is 38.6 Å². The Bertz CT molecular complexity index is 616. The molecule has 1 aliphatic rings. The van der Waals surface area contributed by atoms with E-state index in [1.807, 2.05) is 12.1 Å². The average Bonchev–Trinajstić information content (AvgIpc) is 2.93. The maximum absolute atomic E-state index is 11.4. The quantitative estimate of drug-likeness (QED) is 0.936. The van der Waals surface area contributed by atoms with Crippen molar-refractivity contribution in [1.29, 1.82) is 0 Å². The molecular weight excluding hydrogens is 266 g/mol. The highest BCUT2D eigenvalue weighted by atomic mass is 16.4. The SMILES string of the molecule is O=C(O)c1cc(-c2cccnc2)nn1CC1CCCCC1. The molecule has 0 aromatic carbocycles. The Balaban J connectivity index is 1.88. The predicted molar refractivity (Wildman–Crippen MR) is 79.0 cm³/mol. The van der Waals surface area contributed by atoms with E-state index in [0.717, 1.165) is 5.56 Å². The zero-order chi connectivity index (χ0) is 14.7. The maximum atomic E-state index is 11.4. The molecule has 2 aromatic heterocycles. The first-order chi connectivity index (χ1) is 10.2. The van der Waals surface area contributed by atoms with Crippen molar-refractivity contribution in [2.75, 3.05) is 0 Å². The fourth-order valence-electron chi connectivity index (χ4n) is 3.00. The van der Waals surface area contributed by atoms with E-state index >= 15 is 0 Å². The third-order valence-corrected chi connectivity index (χ3v) is 4.11. The van der Waals surface area contributed by atoms with Crippen molar-refractivity contribution in [3.8, 4) is 11.3 Å². The molecule has 0 atom stereocenters. The lowest BCUT2D eigenvalue weighted by Crippen LogP contribution is -2.18. The minimum Gasteiger partial charge on any atom is -0.477 e. The van der Waals surface area contributed by atoms with Gasteiger partial charge in [0.25, 0.3) is 0 Å². The van der Waals surface area contributed by atoms with Gasteiger partial charge in [-0.15, -0.1) is 0 Å². The van der Waals surface area contributed by atoms with Gasteiger partial charge in [0.05, 0.1) is 5.69 Å². The Morgan fingerprint density at radius 2 is 2.14 bits per heavy atom. The van der Waals surface area contributed by atoms with Crippen LogP contribution in [-0.4, -0.2) is 25.8 Å². The molecule has 0 saturated heterocycles. The Morgan fingerprint density at radius 3 is 2.81 bits per heavy atom. The molecule has 5 heteroatoms. The van der Waals surface area contributed by atoms with E-state index in [1.54, 1.807) is 23.1 Å². The van der Waals surface area contributed by atoms with Crippen molar-refractivity contribution < 1.29 is 9.90 Å².